The van der Waals surface area contributed by atoms with E-state index >= 15 is 0 Å². The van der Waals surface area contributed by atoms with Crippen LogP contribution in [0.3, 0.4) is 0 Å². The summed E-state index contributed by atoms with van der Waals surface area (Å²) in [7, 11) is 0. The van der Waals surface area contributed by atoms with E-state index in [9.17, 15) is 0 Å². The molecule has 3 aliphatic rings. The molecule has 0 aliphatic carbocycles. The van der Waals surface area contributed by atoms with Gasteiger partial charge < -0.3 is 9.40 Å². The van der Waals surface area contributed by atoms with Crippen LogP contribution in [0.4, 0.5) is 0 Å². The molecule has 1 N–H and O–H groups in total. The number of imidazole rings is 1. The van der Waals surface area contributed by atoms with Crippen LogP contribution in [0, 0.1) is 43.3 Å². The summed E-state index contributed by atoms with van der Waals surface area (Å²) in [6, 6.07) is 24.0. The molecule has 0 fully saturated rings. The zero-order chi connectivity index (χ0) is 104. The highest BCUT2D eigenvalue weighted by Gasteiger charge is 2.20. The minimum Gasteiger partial charge on any atom is -0.452 e. The van der Waals surface area contributed by atoms with Crippen LogP contribution in [0.1, 0.15) is 363 Å². The predicted octanol–water partition coefficient (Wildman–Crippen LogP) is 33.7. The van der Waals surface area contributed by atoms with Gasteiger partial charge >= 0.3 is 0 Å². The average molecular weight is 1960 g/mol. The number of aliphatic imine (C=N–C) groups is 3. The van der Waals surface area contributed by atoms with Crippen molar-refractivity contribution in [2.45, 2.75) is 354 Å². The van der Waals surface area contributed by atoms with Crippen LogP contribution in [0.2, 0.25) is 0 Å². The molecule has 0 unspecified atom stereocenters. The van der Waals surface area contributed by atoms with Gasteiger partial charge in [-0.25, -0.2) is 49.8 Å². The molecule has 137 heavy (non-hydrogen) atoms. The molecule has 764 valence electrons. The number of aromatic nitrogens is 17. The van der Waals surface area contributed by atoms with E-state index in [2.05, 4.69) is 439 Å². The number of nitrogens with zero attached hydrogens (tertiary/aromatic N) is 19. The normalized spacial score (nSPS) is 11.5. The molecule has 0 spiro atoms. The fraction of sp³-hybridized carbons (Fsp3) is 0.545. The third-order valence-corrected chi connectivity index (χ3v) is 15.5. The average Bonchev–Trinajstić information content (AvgIpc) is 1.67. The Morgan fingerprint density at radius 1 is 0.350 bits per heavy atom. The predicted molar refractivity (Wildman–Crippen MR) is 603 cm³/mol. The van der Waals surface area contributed by atoms with Crippen LogP contribution in [-0.4, -0.2) is 110 Å². The van der Waals surface area contributed by atoms with E-state index in [-0.39, 0.29) is 31.1 Å². The lowest BCUT2D eigenvalue weighted by molar-refractivity contribution is 0.469. The number of thiazole rings is 3. The van der Waals surface area contributed by atoms with Gasteiger partial charge in [-0.2, -0.15) is 0 Å². The number of rotatable bonds is 0. The van der Waals surface area contributed by atoms with Crippen LogP contribution >= 0.6 is 45.3 Å². The van der Waals surface area contributed by atoms with E-state index < -0.39 is 0 Å². The lowest BCUT2D eigenvalue weighted by Crippen LogP contribution is -2.13. The number of allylic oxidation sites excluding steroid dienone is 1. The molecule has 0 amide bonds. The number of oxazole rings is 1. The third kappa shape index (κ3) is 110. The molecule has 16 rings (SSSR count). The Kier molecular flexibility index (Phi) is 72.8. The van der Waals surface area contributed by atoms with Crippen molar-refractivity contribution in [3.8, 4) is 0 Å². The van der Waals surface area contributed by atoms with Crippen LogP contribution in [0.5, 0.6) is 0 Å². The SMILES string of the molecule is C.C.C1=CCN=C1.C1=NCc2ncncc21.C1=NCc2ncncc21.CC(C)(C)C.CC(C)(C)C.CC(C)(C)C.CC(C)(C)C.CC(C)(C)C.CC(C)(C)C.CC(C)(C)C.CC(C)(C)C.CC(C)(C)c1ccccc1.CC(C)(C)c1cnccn1.CC(C)(C)c1nc2cccnc2s1.CC(C)(C)c1nncs1.c1c[nH]cn1.c1ccncc1.c1cnc2scnc2c1.c1cocn1.c1cscn1. The molecule has 0 radical (unpaired) electrons. The molecule has 1 aromatic carbocycles. The first kappa shape index (κ1) is 138. The first-order valence-electron chi connectivity index (χ1n) is 45.9. The van der Waals surface area contributed by atoms with Crippen molar-refractivity contribution in [3.63, 3.8) is 0 Å². The van der Waals surface area contributed by atoms with Crippen molar-refractivity contribution in [3.05, 3.63) is 263 Å². The first-order chi connectivity index (χ1) is 61.8. The lowest BCUT2D eigenvalue weighted by atomic mass is 9.87. The number of benzene rings is 1. The summed E-state index contributed by atoms with van der Waals surface area (Å²) in [6.45, 7) is 98.3. The topological polar surface area (TPSA) is 272 Å². The maximum atomic E-state index is 4.54. The monoisotopic (exact) mass is 1960 g/mol. The van der Waals surface area contributed by atoms with Gasteiger partial charge in [-0.3, -0.25) is 34.9 Å². The van der Waals surface area contributed by atoms with E-state index in [0.29, 0.717) is 48.7 Å². The molecule has 15 heterocycles. The van der Waals surface area contributed by atoms with E-state index in [1.807, 2.05) is 66.2 Å². The van der Waals surface area contributed by atoms with Gasteiger partial charge in [0.2, 0.25) is 0 Å². The number of pyridine rings is 3. The molecule has 0 saturated heterocycles. The minimum absolute atomic E-state index is 0. The van der Waals surface area contributed by atoms with Crippen molar-refractivity contribution in [2.75, 3.05) is 6.54 Å². The molecule has 0 atom stereocenters. The summed E-state index contributed by atoms with van der Waals surface area (Å²) in [5.41, 5.74) is 18.7. The van der Waals surface area contributed by atoms with Crippen LogP contribution in [0.15, 0.2) is 238 Å². The highest BCUT2D eigenvalue weighted by atomic mass is 32.1. The van der Waals surface area contributed by atoms with E-state index in [0.717, 1.165) is 78.6 Å². The summed E-state index contributed by atoms with van der Waals surface area (Å²) in [4.78, 5) is 72.4. The molecule has 3 aliphatic heterocycles. The van der Waals surface area contributed by atoms with Crippen molar-refractivity contribution in [2.24, 2.45) is 58.3 Å². The molecule has 25 heteroatoms. The van der Waals surface area contributed by atoms with Gasteiger partial charge in [-0.1, -0.05) is 373 Å². The molecule has 0 bridgehead atoms. The fourth-order valence-corrected chi connectivity index (χ4v) is 9.36. The van der Waals surface area contributed by atoms with Gasteiger partial charge in [0.05, 0.1) is 65.8 Å². The van der Waals surface area contributed by atoms with Gasteiger partial charge in [-0.15, -0.1) is 44.2 Å². The number of aromatic amines is 1. The summed E-state index contributed by atoms with van der Waals surface area (Å²) in [5, 5.41) is 11.9. The van der Waals surface area contributed by atoms with Crippen molar-refractivity contribution < 1.29 is 4.42 Å². The molecular weight excluding hydrogens is 1770 g/mol. The smallest absolute Gasteiger partial charge is 0.180 e. The van der Waals surface area contributed by atoms with Crippen molar-refractivity contribution >= 4 is 84.7 Å². The number of hydrogen-bond acceptors (Lipinski definition) is 24. The van der Waals surface area contributed by atoms with Crippen LogP contribution in [0.25, 0.3) is 20.7 Å². The maximum absolute atomic E-state index is 4.54. The number of fused-ring (bicyclic) bond motifs is 4. The van der Waals surface area contributed by atoms with Gasteiger partial charge in [0, 0.05) is 126 Å². The number of nitrogens with one attached hydrogen (secondary N) is 1. The van der Waals surface area contributed by atoms with Crippen molar-refractivity contribution in [1.82, 2.24) is 85.0 Å². The summed E-state index contributed by atoms with van der Waals surface area (Å²) in [6.07, 6.45) is 39.7. The Morgan fingerprint density at radius 2 is 0.818 bits per heavy atom. The van der Waals surface area contributed by atoms with Crippen LogP contribution < -0.4 is 0 Å². The van der Waals surface area contributed by atoms with E-state index in [1.165, 1.54) is 18.2 Å². The quantitative estimate of drug-likeness (QED) is 0.148. The third-order valence-electron chi connectivity index (χ3n) is 11.7. The summed E-state index contributed by atoms with van der Waals surface area (Å²) in [5.74, 6) is 0. The van der Waals surface area contributed by atoms with Gasteiger partial charge in [0.25, 0.3) is 0 Å². The molecule has 13 aromatic rings. The van der Waals surface area contributed by atoms with Gasteiger partial charge in [0.1, 0.15) is 49.6 Å². The zero-order valence-corrected chi connectivity index (χ0v) is 94.9. The van der Waals surface area contributed by atoms with E-state index in [4.69, 9.17) is 0 Å². The Hall–Kier alpha value is -9.95. The maximum Gasteiger partial charge on any atom is 0.180 e. The highest BCUT2D eigenvalue weighted by molar-refractivity contribution is 7.18. The second kappa shape index (κ2) is 72.4. The molecular formula is C112H186N20OS4. The Bertz CT molecular complexity index is 4450. The fourth-order valence-electron chi connectivity index (χ4n) is 6.78. The first-order valence-corrected chi connectivity index (χ1v) is 49.4. The zero-order valence-electron chi connectivity index (χ0n) is 91.7. The number of hydrogen-bond donors (Lipinski definition) is 1. The Labute approximate surface area is 850 Å². The summed E-state index contributed by atoms with van der Waals surface area (Å²) >= 11 is 6.46. The number of H-pyrrole nitrogens is 1. The summed E-state index contributed by atoms with van der Waals surface area (Å²) < 4.78 is 4.47. The Morgan fingerprint density at radius 3 is 1.07 bits per heavy atom. The second-order valence-corrected chi connectivity index (χ2v) is 51.0. The van der Waals surface area contributed by atoms with E-state index in [1.54, 1.807) is 174 Å². The van der Waals surface area contributed by atoms with Crippen molar-refractivity contribution in [1.29, 1.82) is 0 Å². The molecule has 21 nitrogen and oxygen atoms in total. The van der Waals surface area contributed by atoms with Gasteiger partial charge in [0.15, 0.2) is 6.39 Å². The van der Waals surface area contributed by atoms with Crippen LogP contribution in [-0.2, 0) is 34.7 Å². The second-order valence-electron chi connectivity index (χ2n) is 47.6. The Balaban J connectivity index is -0.000000332. The standard InChI is InChI=1S/C10H12N2S.C10H14.C8H12N2.2C6H5N3.C6H4N2S.C6H10N2S.C5H5N.8C5H12.C4H5N.C3H4N2.C3H3NO.C3H3NS.2CH4/c1-10(2,3)9-12-7-5-4-6-11-8(7)13-9;1-10(2,3)9-7-5-4-6-8-9;1-8(2,3)7-6-9-4-5-10-7;2*1-5-2-8-4-9-6(5)3-7-1;1-2-5-6(7-3-1)9-4-8-5;1-6(2,3)5-8-7-4-9-5;1-2-4-6-5-3-1;8*1-5(2,3)4;1-2-4-5-3-1;3*1-2-5-3-4-1;;/h4-6H,1-3H3;4-8H,1-3H3;4-6H,1-3H3;2*1-2,4H,3H2;1-4H;4H,1-3H3;1-5H;8*1-4H3;1-3H,4H2;1-3H,(H,4,5);2*1-3H;2*1H4. The lowest BCUT2D eigenvalue weighted by Gasteiger charge is -2.18. The minimum atomic E-state index is 0. The van der Waals surface area contributed by atoms with Gasteiger partial charge in [-0.05, 0) is 96.8 Å². The molecule has 12 aromatic heterocycles. The molecule has 0 saturated carbocycles. The highest BCUT2D eigenvalue weighted by Crippen LogP contribution is 2.30. The largest absolute Gasteiger partial charge is 0.452 e.